The maximum atomic E-state index is 7.18. The third kappa shape index (κ3) is 3.94. The molecule has 56 heavy (non-hydrogen) atoms. The van der Waals surface area contributed by atoms with Crippen LogP contribution in [0, 0.1) is 23.7 Å². The van der Waals surface area contributed by atoms with E-state index in [0.29, 0.717) is 11.8 Å². The van der Waals surface area contributed by atoms with Crippen molar-refractivity contribution in [3.63, 3.8) is 0 Å². The highest BCUT2D eigenvalue weighted by Crippen LogP contribution is 2.68. The van der Waals surface area contributed by atoms with Gasteiger partial charge in [-0.15, -0.1) is 0 Å². The third-order valence-corrected chi connectivity index (χ3v) is 16.1. The first-order valence-electron chi connectivity index (χ1n) is 21.6. The summed E-state index contributed by atoms with van der Waals surface area (Å²) in [5.41, 5.74) is 19.1. The number of hydrogen-bond donors (Lipinski definition) is 0. The average molecular weight is 728 g/mol. The zero-order valence-corrected chi connectivity index (χ0v) is 32.9. The topological polar surface area (TPSA) is 16.4 Å². The van der Waals surface area contributed by atoms with Gasteiger partial charge in [-0.1, -0.05) is 125 Å². The van der Waals surface area contributed by atoms with Gasteiger partial charge in [-0.3, -0.25) is 0 Å². The van der Waals surface area contributed by atoms with Gasteiger partial charge in [0.2, 0.25) is 0 Å². The van der Waals surface area contributed by atoms with Crippen molar-refractivity contribution in [1.29, 1.82) is 0 Å². The molecule has 13 rings (SSSR count). The number of para-hydroxylation sites is 2. The van der Waals surface area contributed by atoms with E-state index in [9.17, 15) is 0 Å². The zero-order chi connectivity index (χ0) is 37.1. The summed E-state index contributed by atoms with van der Waals surface area (Å²) in [6.45, 7) is 6.89. The van der Waals surface area contributed by atoms with E-state index in [1.165, 1.54) is 101 Å². The minimum atomic E-state index is -0.0405. The van der Waals surface area contributed by atoms with Crippen molar-refractivity contribution in [2.45, 2.75) is 88.4 Å². The zero-order valence-electron chi connectivity index (χ0n) is 32.9. The lowest BCUT2D eigenvalue weighted by Gasteiger charge is -2.38. The van der Waals surface area contributed by atoms with Crippen LogP contribution in [0.5, 0.6) is 0 Å². The van der Waals surface area contributed by atoms with Crippen molar-refractivity contribution in [3.05, 3.63) is 149 Å². The van der Waals surface area contributed by atoms with Gasteiger partial charge < -0.3 is 9.32 Å². The third-order valence-electron chi connectivity index (χ3n) is 16.1. The second-order valence-electron chi connectivity index (χ2n) is 19.7. The Bertz CT molecular complexity index is 2690. The summed E-state index contributed by atoms with van der Waals surface area (Å²) in [6, 6.07) is 47.3. The number of fused-ring (bicyclic) bond motifs is 19. The molecule has 6 atom stereocenters. The van der Waals surface area contributed by atoms with Crippen molar-refractivity contribution in [2.24, 2.45) is 23.7 Å². The quantitative estimate of drug-likeness (QED) is 0.180. The molecule has 2 spiro atoms. The maximum absolute atomic E-state index is 7.18. The van der Waals surface area contributed by atoms with E-state index < -0.39 is 0 Å². The van der Waals surface area contributed by atoms with E-state index in [4.69, 9.17) is 4.42 Å². The van der Waals surface area contributed by atoms with Crippen LogP contribution < -0.4 is 4.90 Å². The van der Waals surface area contributed by atoms with Gasteiger partial charge in [0, 0.05) is 38.5 Å². The Morgan fingerprint density at radius 1 is 0.518 bits per heavy atom. The smallest absolute Gasteiger partial charge is 0.159 e. The molecule has 6 aliphatic rings. The molecule has 6 aromatic carbocycles. The van der Waals surface area contributed by atoms with Crippen LogP contribution in [0.25, 0.3) is 44.2 Å². The second kappa shape index (κ2) is 10.9. The minimum absolute atomic E-state index is 0.0405. The van der Waals surface area contributed by atoms with E-state index in [-0.39, 0.29) is 16.2 Å². The summed E-state index contributed by atoms with van der Waals surface area (Å²) in [4.78, 5) is 2.58. The number of benzene rings is 6. The molecular formula is C54H49NO. The summed E-state index contributed by atoms with van der Waals surface area (Å²) in [6.07, 6.45) is 10.8. The first-order valence-corrected chi connectivity index (χ1v) is 21.6. The molecule has 0 aliphatic heterocycles. The Morgan fingerprint density at radius 2 is 1.04 bits per heavy atom. The van der Waals surface area contributed by atoms with Gasteiger partial charge >= 0.3 is 0 Å². The molecule has 0 N–H and O–H groups in total. The molecule has 4 saturated carbocycles. The lowest BCUT2D eigenvalue weighted by atomic mass is 9.66. The summed E-state index contributed by atoms with van der Waals surface area (Å²) in [7, 11) is 0. The molecule has 6 aliphatic carbocycles. The number of furan rings is 1. The van der Waals surface area contributed by atoms with Gasteiger partial charge in [0.25, 0.3) is 0 Å². The lowest BCUT2D eigenvalue weighted by molar-refractivity contribution is 0.327. The van der Waals surface area contributed by atoms with Crippen LogP contribution in [-0.2, 0) is 16.2 Å². The van der Waals surface area contributed by atoms with Crippen molar-refractivity contribution in [2.75, 3.05) is 4.90 Å². The Morgan fingerprint density at radius 3 is 1.55 bits per heavy atom. The van der Waals surface area contributed by atoms with Crippen molar-refractivity contribution in [3.8, 4) is 22.3 Å². The van der Waals surface area contributed by atoms with E-state index in [2.05, 4.69) is 147 Å². The van der Waals surface area contributed by atoms with Gasteiger partial charge in [-0.05, 0) is 142 Å². The van der Waals surface area contributed by atoms with Gasteiger partial charge in [-0.25, -0.2) is 0 Å². The molecule has 1 aromatic heterocycles. The van der Waals surface area contributed by atoms with E-state index in [1.54, 1.807) is 22.3 Å². The van der Waals surface area contributed by atoms with Gasteiger partial charge in [-0.2, -0.15) is 0 Å². The molecule has 6 unspecified atom stereocenters. The van der Waals surface area contributed by atoms with Gasteiger partial charge in [0.1, 0.15) is 5.58 Å². The average Bonchev–Trinajstić information content (AvgIpc) is 4.10. The monoisotopic (exact) mass is 727 g/mol. The molecule has 0 saturated heterocycles. The first kappa shape index (κ1) is 32.1. The Labute approximate surface area is 330 Å². The maximum Gasteiger partial charge on any atom is 0.159 e. The van der Waals surface area contributed by atoms with Gasteiger partial charge in [0.15, 0.2) is 5.58 Å². The predicted molar refractivity (Wildman–Crippen MR) is 230 cm³/mol. The predicted octanol–water partition coefficient (Wildman–Crippen LogP) is 14.5. The standard InChI is InChI=1S/C54H49NO/c1-52(2,3)46-16-8-12-42-43-13-9-17-49(51(43)56-50(42)46)55(36-22-24-40-38-10-4-6-14-44(38)53(47(40)28-36)30-32-18-20-34(53)26-32)37-23-25-41-39-11-5-7-15-45(39)54(48(41)29-37)31-33-19-21-35(54)27-33/h4-17,22-25,28-29,32-35H,18-21,26-27,30-31H2,1-3H3. The lowest BCUT2D eigenvalue weighted by Crippen LogP contribution is -2.32. The van der Waals surface area contributed by atoms with E-state index >= 15 is 0 Å². The number of nitrogens with zero attached hydrogens (tertiary/aromatic N) is 1. The van der Waals surface area contributed by atoms with Crippen LogP contribution in [0.1, 0.15) is 100.0 Å². The van der Waals surface area contributed by atoms with Crippen LogP contribution in [0.4, 0.5) is 17.1 Å². The van der Waals surface area contributed by atoms with Crippen molar-refractivity contribution in [1.82, 2.24) is 0 Å². The highest BCUT2D eigenvalue weighted by Gasteiger charge is 2.58. The molecule has 0 amide bonds. The van der Waals surface area contributed by atoms with Crippen LogP contribution in [0.2, 0.25) is 0 Å². The fourth-order valence-electron chi connectivity index (χ4n) is 14.0. The fourth-order valence-corrected chi connectivity index (χ4v) is 14.0. The summed E-state index contributed by atoms with van der Waals surface area (Å²) < 4.78 is 7.18. The molecular weight excluding hydrogens is 679 g/mol. The van der Waals surface area contributed by atoms with Crippen LogP contribution >= 0.6 is 0 Å². The Kier molecular flexibility index (Phi) is 6.21. The highest BCUT2D eigenvalue weighted by molar-refractivity contribution is 6.11. The SMILES string of the molecule is CC(C)(C)c1cccc2c1oc1c(N(c3ccc4c(c3)C3(CC5CCC3C5)c3ccccc3-4)c3ccc4c(c3)C3(CC5CCC3C5)c3ccccc3-4)cccc12. The second-order valence-corrected chi connectivity index (χ2v) is 19.7. The number of rotatable bonds is 3. The molecule has 1 heterocycles. The van der Waals surface area contributed by atoms with E-state index in [0.717, 1.165) is 28.7 Å². The number of anilines is 3. The molecule has 4 fully saturated rings. The normalized spacial score (nSPS) is 27.5. The highest BCUT2D eigenvalue weighted by atomic mass is 16.3. The largest absolute Gasteiger partial charge is 0.454 e. The Balaban J connectivity index is 1.07. The summed E-state index contributed by atoms with van der Waals surface area (Å²) >= 11 is 0. The van der Waals surface area contributed by atoms with E-state index in [1.807, 2.05) is 0 Å². The van der Waals surface area contributed by atoms with Crippen LogP contribution in [0.3, 0.4) is 0 Å². The van der Waals surface area contributed by atoms with Crippen molar-refractivity contribution >= 4 is 39.0 Å². The fraction of sp³-hybridized carbons (Fsp3) is 0.333. The summed E-state index contributed by atoms with van der Waals surface area (Å²) in [5, 5.41) is 2.38. The van der Waals surface area contributed by atoms with Crippen LogP contribution in [0.15, 0.2) is 126 Å². The number of hydrogen-bond acceptors (Lipinski definition) is 2. The molecule has 4 bridgehead atoms. The molecule has 0 radical (unpaired) electrons. The summed E-state index contributed by atoms with van der Waals surface area (Å²) in [5.74, 6) is 3.08. The first-order chi connectivity index (χ1) is 27.3. The molecule has 7 aromatic rings. The van der Waals surface area contributed by atoms with Gasteiger partial charge in [0.05, 0.1) is 5.69 Å². The van der Waals surface area contributed by atoms with Crippen molar-refractivity contribution < 1.29 is 4.42 Å². The molecule has 2 nitrogen and oxygen atoms in total. The molecule has 2 heteroatoms. The Hall–Kier alpha value is -5.08. The minimum Gasteiger partial charge on any atom is -0.454 e. The molecule has 276 valence electrons. The van der Waals surface area contributed by atoms with Crippen LogP contribution in [-0.4, -0.2) is 0 Å².